The fourth-order valence-electron chi connectivity index (χ4n) is 4.55. The van der Waals surface area contributed by atoms with Crippen LogP contribution in [0.25, 0.3) is 0 Å². The summed E-state index contributed by atoms with van der Waals surface area (Å²) in [5, 5.41) is 2.99. The lowest BCUT2D eigenvalue weighted by atomic mass is 10.1. The van der Waals surface area contributed by atoms with Gasteiger partial charge in [-0.05, 0) is 62.6 Å². The first-order valence-corrected chi connectivity index (χ1v) is 11.3. The van der Waals surface area contributed by atoms with Gasteiger partial charge in [0.15, 0.2) is 0 Å². The van der Waals surface area contributed by atoms with Gasteiger partial charge >= 0.3 is 0 Å². The second kappa shape index (κ2) is 9.96. The Kier molecular flexibility index (Phi) is 6.87. The van der Waals surface area contributed by atoms with Crippen molar-refractivity contribution in [2.24, 2.45) is 0 Å². The van der Waals surface area contributed by atoms with Crippen molar-refractivity contribution >= 4 is 28.9 Å². The van der Waals surface area contributed by atoms with Crippen molar-refractivity contribution < 1.29 is 9.59 Å². The molecule has 0 aromatic heterocycles. The second-order valence-electron chi connectivity index (χ2n) is 8.60. The van der Waals surface area contributed by atoms with Gasteiger partial charge in [0.25, 0.3) is 0 Å². The number of nitrogens with one attached hydrogen (secondary N) is 1. The molecular formula is C25H32N4O2. The number of benzene rings is 2. The molecule has 0 radical (unpaired) electrons. The lowest BCUT2D eigenvalue weighted by molar-refractivity contribution is -0.117. The number of likely N-dealkylation sites (N-methyl/N-ethyl adjacent to an activating group) is 1. The number of carbonyl (C=O) groups is 2. The fourth-order valence-corrected chi connectivity index (χ4v) is 4.55. The van der Waals surface area contributed by atoms with Crippen molar-refractivity contribution in [2.75, 3.05) is 48.3 Å². The first-order valence-electron chi connectivity index (χ1n) is 11.3. The van der Waals surface area contributed by atoms with Crippen LogP contribution >= 0.6 is 0 Å². The summed E-state index contributed by atoms with van der Waals surface area (Å²) >= 11 is 0. The molecule has 6 heteroatoms. The van der Waals surface area contributed by atoms with Crippen molar-refractivity contribution in [3.63, 3.8) is 0 Å². The first-order chi connectivity index (χ1) is 15.1. The third-order valence-electron chi connectivity index (χ3n) is 6.06. The quantitative estimate of drug-likeness (QED) is 0.739. The molecule has 0 atom stereocenters. The molecule has 2 saturated heterocycles. The second-order valence-corrected chi connectivity index (χ2v) is 8.60. The van der Waals surface area contributed by atoms with E-state index in [4.69, 9.17) is 0 Å². The number of hydrogen-bond donors (Lipinski definition) is 1. The molecule has 0 aliphatic carbocycles. The molecule has 2 amide bonds. The van der Waals surface area contributed by atoms with E-state index in [0.717, 1.165) is 44.0 Å². The third kappa shape index (κ3) is 5.44. The van der Waals surface area contributed by atoms with Crippen LogP contribution < -0.4 is 15.1 Å². The number of hydrogen-bond acceptors (Lipinski definition) is 4. The van der Waals surface area contributed by atoms with E-state index in [-0.39, 0.29) is 11.8 Å². The molecule has 164 valence electrons. The molecule has 0 unspecified atom stereocenters. The Labute approximate surface area is 184 Å². The minimum atomic E-state index is -0.0529. The molecule has 2 aliphatic heterocycles. The Morgan fingerprint density at radius 2 is 1.81 bits per heavy atom. The number of para-hydroxylation sites is 1. The van der Waals surface area contributed by atoms with Gasteiger partial charge in [0.1, 0.15) is 0 Å². The summed E-state index contributed by atoms with van der Waals surface area (Å²) in [7, 11) is 1.98. The molecule has 2 heterocycles. The first kappa shape index (κ1) is 21.4. The summed E-state index contributed by atoms with van der Waals surface area (Å²) in [6.07, 6.45) is 5.29. The minimum Gasteiger partial charge on any atom is -0.371 e. The van der Waals surface area contributed by atoms with Crippen molar-refractivity contribution in [1.29, 1.82) is 0 Å². The Bertz CT molecular complexity index is 923. The average molecular weight is 421 g/mol. The lowest BCUT2D eigenvalue weighted by Crippen LogP contribution is -2.33. The zero-order valence-corrected chi connectivity index (χ0v) is 18.3. The van der Waals surface area contributed by atoms with Gasteiger partial charge in [-0.25, -0.2) is 0 Å². The smallest absolute Gasteiger partial charge is 0.238 e. The maximum atomic E-state index is 12.7. The van der Waals surface area contributed by atoms with E-state index >= 15 is 0 Å². The summed E-state index contributed by atoms with van der Waals surface area (Å²) in [6.45, 7) is 3.99. The SMILES string of the molecule is CN(CC(=O)Nc1cccc(N2CCCC2=O)c1)Cc1ccccc1N1CCCCC1. The number of nitrogens with zero attached hydrogens (tertiary/aromatic N) is 3. The maximum absolute atomic E-state index is 12.7. The predicted molar refractivity (Wildman–Crippen MR) is 125 cm³/mol. The molecule has 1 N–H and O–H groups in total. The van der Waals surface area contributed by atoms with Crippen molar-refractivity contribution in [3.05, 3.63) is 54.1 Å². The standard InChI is InChI=1S/C25H32N4O2/c1-27(18-20-9-3-4-12-23(20)28-14-5-2-6-15-28)19-24(30)26-21-10-7-11-22(17-21)29-16-8-13-25(29)31/h3-4,7,9-12,17H,2,5-6,8,13-16,18-19H2,1H3,(H,26,30). The Balaban J connectivity index is 1.35. The van der Waals surface area contributed by atoms with Crippen LogP contribution in [0.5, 0.6) is 0 Å². The molecule has 2 aromatic rings. The van der Waals surface area contributed by atoms with Crippen molar-refractivity contribution in [2.45, 2.75) is 38.6 Å². The number of piperidine rings is 1. The van der Waals surface area contributed by atoms with Gasteiger partial charge in [-0.1, -0.05) is 24.3 Å². The highest BCUT2D eigenvalue weighted by atomic mass is 16.2. The molecule has 6 nitrogen and oxygen atoms in total. The minimum absolute atomic E-state index is 0.0529. The van der Waals surface area contributed by atoms with Crippen LogP contribution in [0.15, 0.2) is 48.5 Å². The van der Waals surface area contributed by atoms with E-state index < -0.39 is 0 Å². The summed E-state index contributed by atoms with van der Waals surface area (Å²) in [4.78, 5) is 31.0. The summed E-state index contributed by atoms with van der Waals surface area (Å²) < 4.78 is 0. The fraction of sp³-hybridized carbons (Fsp3) is 0.440. The highest BCUT2D eigenvalue weighted by molar-refractivity contribution is 5.97. The molecule has 0 bridgehead atoms. The topological polar surface area (TPSA) is 55.9 Å². The van der Waals surface area contributed by atoms with E-state index in [2.05, 4.69) is 34.5 Å². The molecule has 31 heavy (non-hydrogen) atoms. The molecule has 2 aromatic carbocycles. The van der Waals surface area contributed by atoms with Crippen LogP contribution in [0.2, 0.25) is 0 Å². The van der Waals surface area contributed by atoms with Crippen LogP contribution in [-0.4, -0.2) is 49.9 Å². The molecule has 0 spiro atoms. The highest BCUT2D eigenvalue weighted by Crippen LogP contribution is 2.26. The van der Waals surface area contributed by atoms with Gasteiger partial charge in [0.05, 0.1) is 6.54 Å². The van der Waals surface area contributed by atoms with Crippen molar-refractivity contribution in [3.8, 4) is 0 Å². The van der Waals surface area contributed by atoms with Gasteiger partial charge in [-0.2, -0.15) is 0 Å². The van der Waals surface area contributed by atoms with Crippen LogP contribution in [0.3, 0.4) is 0 Å². The number of amides is 2. The Hall–Kier alpha value is -2.86. The summed E-state index contributed by atoms with van der Waals surface area (Å²) in [5.74, 6) is 0.0958. The average Bonchev–Trinajstić information content (AvgIpc) is 3.20. The van der Waals surface area contributed by atoms with E-state index in [9.17, 15) is 9.59 Å². The van der Waals surface area contributed by atoms with Gasteiger partial charge < -0.3 is 15.1 Å². The summed E-state index contributed by atoms with van der Waals surface area (Å²) in [6, 6.07) is 16.1. The Morgan fingerprint density at radius 1 is 1.00 bits per heavy atom. The van der Waals surface area contributed by atoms with Gasteiger partial charge in [-0.3, -0.25) is 14.5 Å². The van der Waals surface area contributed by atoms with E-state index in [1.165, 1.54) is 30.5 Å². The van der Waals surface area contributed by atoms with Crippen molar-refractivity contribution in [1.82, 2.24) is 4.90 Å². The zero-order chi connectivity index (χ0) is 21.6. The largest absolute Gasteiger partial charge is 0.371 e. The van der Waals surface area contributed by atoms with E-state index in [0.29, 0.717) is 13.0 Å². The maximum Gasteiger partial charge on any atom is 0.238 e. The van der Waals surface area contributed by atoms with Crippen LogP contribution in [0.1, 0.15) is 37.7 Å². The molecule has 4 rings (SSSR count). The number of carbonyl (C=O) groups excluding carboxylic acids is 2. The molecule has 2 fully saturated rings. The Morgan fingerprint density at radius 3 is 2.58 bits per heavy atom. The highest BCUT2D eigenvalue weighted by Gasteiger charge is 2.22. The van der Waals surface area contributed by atoms with Crippen LogP contribution in [0.4, 0.5) is 17.1 Å². The van der Waals surface area contributed by atoms with E-state index in [1.807, 2.05) is 36.2 Å². The molecular weight excluding hydrogens is 388 g/mol. The number of rotatable bonds is 7. The predicted octanol–water partition coefficient (Wildman–Crippen LogP) is 3.87. The molecule has 2 aliphatic rings. The van der Waals surface area contributed by atoms with Gasteiger partial charge in [0.2, 0.25) is 11.8 Å². The lowest BCUT2D eigenvalue weighted by Gasteiger charge is -2.31. The monoisotopic (exact) mass is 420 g/mol. The zero-order valence-electron chi connectivity index (χ0n) is 18.3. The normalized spacial score (nSPS) is 16.8. The van der Waals surface area contributed by atoms with Gasteiger partial charge in [0, 0.05) is 49.7 Å². The van der Waals surface area contributed by atoms with E-state index in [1.54, 1.807) is 4.90 Å². The third-order valence-corrected chi connectivity index (χ3v) is 6.06. The van der Waals surface area contributed by atoms with Gasteiger partial charge in [-0.15, -0.1) is 0 Å². The number of anilines is 3. The van der Waals surface area contributed by atoms with Crippen LogP contribution in [-0.2, 0) is 16.1 Å². The molecule has 0 saturated carbocycles. The van der Waals surface area contributed by atoms with Crippen LogP contribution in [0, 0.1) is 0 Å². The summed E-state index contributed by atoms with van der Waals surface area (Å²) in [5.41, 5.74) is 4.13.